The number of hydrogen-bond donors (Lipinski definition) is 1. The number of hydrogen-bond acceptors (Lipinski definition) is 4. The molecule has 2 aromatic heterocycles. The number of benzene rings is 1. The van der Waals surface area contributed by atoms with Gasteiger partial charge in [0.15, 0.2) is 0 Å². The number of para-hydroxylation sites is 1. The van der Waals surface area contributed by atoms with Crippen LogP contribution in [0.3, 0.4) is 0 Å². The molecule has 1 saturated carbocycles. The van der Waals surface area contributed by atoms with Crippen LogP contribution < -0.4 is 5.56 Å². The fourth-order valence-electron chi connectivity index (χ4n) is 3.68. The summed E-state index contributed by atoms with van der Waals surface area (Å²) < 4.78 is 5.65. The highest BCUT2D eigenvalue weighted by Crippen LogP contribution is 2.26. The highest BCUT2D eigenvalue weighted by Gasteiger charge is 2.22. The lowest BCUT2D eigenvalue weighted by molar-refractivity contribution is 0.195. The van der Waals surface area contributed by atoms with Crippen LogP contribution >= 0.6 is 0 Å². The van der Waals surface area contributed by atoms with Gasteiger partial charge in [0.25, 0.3) is 5.56 Å². The summed E-state index contributed by atoms with van der Waals surface area (Å²) >= 11 is 0. The van der Waals surface area contributed by atoms with Gasteiger partial charge in [0.2, 0.25) is 5.58 Å². The van der Waals surface area contributed by atoms with E-state index in [0.717, 1.165) is 17.8 Å². The first kappa shape index (κ1) is 14.5. The summed E-state index contributed by atoms with van der Waals surface area (Å²) in [6.07, 6.45) is 5.09. The van der Waals surface area contributed by atoms with E-state index >= 15 is 0 Å². The second-order valence-corrected chi connectivity index (χ2v) is 6.29. The predicted molar refractivity (Wildman–Crippen MR) is 90.5 cm³/mol. The molecule has 0 atom stereocenters. The minimum Gasteiger partial charge on any atom is -0.449 e. The molecule has 0 radical (unpaired) electrons. The molecule has 5 heteroatoms. The zero-order chi connectivity index (χ0) is 15.8. The number of rotatable bonds is 4. The monoisotopic (exact) mass is 311 g/mol. The number of nitrogens with zero attached hydrogens (tertiary/aromatic N) is 2. The van der Waals surface area contributed by atoms with Gasteiger partial charge in [0.1, 0.15) is 16.9 Å². The molecule has 0 aliphatic heterocycles. The van der Waals surface area contributed by atoms with Crippen LogP contribution in [-0.2, 0) is 6.54 Å². The van der Waals surface area contributed by atoms with E-state index in [4.69, 9.17) is 9.40 Å². The molecule has 1 aliphatic carbocycles. The Bertz CT molecular complexity index is 890. The molecular formula is C18H21N3O2. The quantitative estimate of drug-likeness (QED) is 0.802. The van der Waals surface area contributed by atoms with Crippen molar-refractivity contribution < 1.29 is 4.42 Å². The number of nitrogens with one attached hydrogen (secondary N) is 1. The largest absolute Gasteiger partial charge is 0.449 e. The van der Waals surface area contributed by atoms with E-state index in [1.54, 1.807) is 0 Å². The van der Waals surface area contributed by atoms with Crippen molar-refractivity contribution in [1.29, 1.82) is 0 Å². The lowest BCUT2D eigenvalue weighted by Gasteiger charge is -2.26. The predicted octanol–water partition coefficient (Wildman–Crippen LogP) is 3.43. The summed E-state index contributed by atoms with van der Waals surface area (Å²) in [4.78, 5) is 22.4. The van der Waals surface area contributed by atoms with Gasteiger partial charge in [-0.3, -0.25) is 9.69 Å². The Labute approximate surface area is 134 Å². The van der Waals surface area contributed by atoms with Crippen molar-refractivity contribution in [2.45, 2.75) is 45.2 Å². The van der Waals surface area contributed by atoms with Crippen LogP contribution in [-0.4, -0.2) is 27.5 Å². The first-order valence-corrected chi connectivity index (χ1v) is 8.40. The molecule has 1 N–H and O–H groups in total. The summed E-state index contributed by atoms with van der Waals surface area (Å²) in [5.41, 5.74) is 1.50. The van der Waals surface area contributed by atoms with Gasteiger partial charge >= 0.3 is 0 Å². The first-order chi connectivity index (χ1) is 11.3. The van der Waals surface area contributed by atoms with E-state index in [2.05, 4.69) is 16.8 Å². The first-order valence-electron chi connectivity index (χ1n) is 8.40. The van der Waals surface area contributed by atoms with Gasteiger partial charge in [-0.1, -0.05) is 31.9 Å². The SMILES string of the molecule is CCN(Cc1nc2c(oc3ccccc32)c(=O)[nH]1)C1CCCC1. The van der Waals surface area contributed by atoms with Gasteiger partial charge < -0.3 is 9.40 Å². The third kappa shape index (κ3) is 2.55. The normalized spacial score (nSPS) is 16.1. The van der Waals surface area contributed by atoms with Crippen molar-refractivity contribution in [1.82, 2.24) is 14.9 Å². The van der Waals surface area contributed by atoms with Crippen LogP contribution in [0.4, 0.5) is 0 Å². The number of aromatic amines is 1. The average Bonchev–Trinajstić information content (AvgIpc) is 3.21. The lowest BCUT2D eigenvalue weighted by Crippen LogP contribution is -2.33. The van der Waals surface area contributed by atoms with Gasteiger partial charge in [0, 0.05) is 11.4 Å². The average molecular weight is 311 g/mol. The van der Waals surface area contributed by atoms with Crippen molar-refractivity contribution in [3.05, 3.63) is 40.4 Å². The smallest absolute Gasteiger partial charge is 0.294 e. The Kier molecular flexibility index (Phi) is 3.65. The molecule has 0 bridgehead atoms. The molecule has 4 rings (SSSR count). The molecule has 0 spiro atoms. The molecule has 23 heavy (non-hydrogen) atoms. The van der Waals surface area contributed by atoms with E-state index in [1.165, 1.54) is 25.7 Å². The molecular weight excluding hydrogens is 290 g/mol. The van der Waals surface area contributed by atoms with E-state index in [-0.39, 0.29) is 5.56 Å². The molecule has 0 unspecified atom stereocenters. The fourth-order valence-corrected chi connectivity index (χ4v) is 3.68. The summed E-state index contributed by atoms with van der Waals surface area (Å²) in [7, 11) is 0. The van der Waals surface area contributed by atoms with Crippen molar-refractivity contribution in [3.63, 3.8) is 0 Å². The topological polar surface area (TPSA) is 62.1 Å². The van der Waals surface area contributed by atoms with E-state index < -0.39 is 0 Å². The van der Waals surface area contributed by atoms with Crippen LogP contribution in [0.1, 0.15) is 38.4 Å². The van der Waals surface area contributed by atoms with E-state index in [9.17, 15) is 4.79 Å². The van der Waals surface area contributed by atoms with Crippen LogP contribution in [0.25, 0.3) is 22.1 Å². The second-order valence-electron chi connectivity index (χ2n) is 6.29. The van der Waals surface area contributed by atoms with Crippen LogP contribution in [0, 0.1) is 0 Å². The van der Waals surface area contributed by atoms with Crippen molar-refractivity contribution >= 4 is 22.1 Å². The van der Waals surface area contributed by atoms with Crippen molar-refractivity contribution in [2.24, 2.45) is 0 Å². The summed E-state index contributed by atoms with van der Waals surface area (Å²) in [6.45, 7) is 3.83. The zero-order valence-electron chi connectivity index (χ0n) is 13.3. The van der Waals surface area contributed by atoms with Gasteiger partial charge in [-0.2, -0.15) is 0 Å². The van der Waals surface area contributed by atoms with E-state index in [1.807, 2.05) is 24.3 Å². The second kappa shape index (κ2) is 5.81. The molecule has 1 aromatic carbocycles. The molecule has 2 heterocycles. The molecule has 5 nitrogen and oxygen atoms in total. The Morgan fingerprint density at radius 1 is 1.30 bits per heavy atom. The maximum absolute atomic E-state index is 12.4. The highest BCUT2D eigenvalue weighted by atomic mass is 16.3. The summed E-state index contributed by atoms with van der Waals surface area (Å²) in [5.74, 6) is 0.725. The molecule has 3 aromatic rings. The van der Waals surface area contributed by atoms with Gasteiger partial charge in [-0.15, -0.1) is 0 Å². The minimum atomic E-state index is -0.191. The molecule has 0 amide bonds. The van der Waals surface area contributed by atoms with Crippen molar-refractivity contribution in [2.75, 3.05) is 6.54 Å². The number of fused-ring (bicyclic) bond motifs is 3. The molecule has 120 valence electrons. The van der Waals surface area contributed by atoms with Crippen molar-refractivity contribution in [3.8, 4) is 0 Å². The Balaban J connectivity index is 1.75. The summed E-state index contributed by atoms with van der Waals surface area (Å²) in [6, 6.07) is 8.27. The number of aromatic nitrogens is 2. The lowest BCUT2D eigenvalue weighted by atomic mass is 10.2. The highest BCUT2D eigenvalue weighted by molar-refractivity contribution is 6.01. The van der Waals surface area contributed by atoms with Crippen LogP contribution in [0.2, 0.25) is 0 Å². The standard InChI is InChI=1S/C18H21N3O2/c1-2-21(12-7-3-4-8-12)11-15-19-16-13-9-5-6-10-14(13)23-17(16)18(22)20-15/h5-6,9-10,12H,2-4,7-8,11H2,1H3,(H,19,20,22). The van der Waals surface area contributed by atoms with Gasteiger partial charge in [-0.05, 0) is 31.5 Å². The third-order valence-corrected chi connectivity index (χ3v) is 4.88. The van der Waals surface area contributed by atoms with Gasteiger partial charge in [-0.25, -0.2) is 4.98 Å². The molecule has 1 aliphatic rings. The van der Waals surface area contributed by atoms with E-state index in [0.29, 0.717) is 29.3 Å². The van der Waals surface area contributed by atoms with Gasteiger partial charge in [0.05, 0.1) is 6.54 Å². The Hall–Kier alpha value is -2.14. The van der Waals surface area contributed by atoms with Crippen LogP contribution in [0.15, 0.2) is 33.5 Å². The fraction of sp³-hybridized carbons (Fsp3) is 0.444. The number of furan rings is 1. The summed E-state index contributed by atoms with van der Waals surface area (Å²) in [5, 5.41) is 0.902. The molecule has 0 saturated heterocycles. The maximum atomic E-state index is 12.4. The minimum absolute atomic E-state index is 0.191. The maximum Gasteiger partial charge on any atom is 0.294 e. The number of H-pyrrole nitrogens is 1. The zero-order valence-corrected chi connectivity index (χ0v) is 13.3. The Morgan fingerprint density at radius 3 is 2.87 bits per heavy atom. The Morgan fingerprint density at radius 2 is 2.09 bits per heavy atom. The van der Waals surface area contributed by atoms with Crippen LogP contribution in [0.5, 0.6) is 0 Å². The third-order valence-electron chi connectivity index (χ3n) is 4.88. The molecule has 1 fully saturated rings.